The second kappa shape index (κ2) is 3.84. The van der Waals surface area contributed by atoms with Crippen LogP contribution in [0.15, 0.2) is 0 Å². The quantitative estimate of drug-likeness (QED) is 0.513. The number of nitriles is 3. The summed E-state index contributed by atoms with van der Waals surface area (Å²) < 4.78 is 0. The molecule has 0 aromatic rings. The molecule has 2 N–H and O–H groups in total. The molecule has 1 aliphatic rings. The van der Waals surface area contributed by atoms with E-state index in [0.29, 0.717) is 20.0 Å². The molecule has 13 heavy (non-hydrogen) atoms. The van der Waals surface area contributed by atoms with Crippen LogP contribution < -0.4 is 10.6 Å². The number of nitrogens with one attached hydrogen (secondary N) is 2. The fraction of sp³-hybridized carbons (Fsp3) is 0.571. The Bertz CT molecular complexity index is 260. The maximum absolute atomic E-state index is 8.74. The summed E-state index contributed by atoms with van der Waals surface area (Å²) in [6, 6.07) is 5.12. The zero-order valence-corrected chi connectivity index (χ0v) is 6.91. The van der Waals surface area contributed by atoms with Crippen molar-refractivity contribution in [3.63, 3.8) is 0 Å². The van der Waals surface area contributed by atoms with Gasteiger partial charge in [0.05, 0.1) is 13.3 Å². The molecule has 6 heteroatoms. The third kappa shape index (κ3) is 1.58. The molecule has 0 aromatic carbocycles. The lowest BCUT2D eigenvalue weighted by Gasteiger charge is -2.32. The lowest BCUT2D eigenvalue weighted by Crippen LogP contribution is -2.59. The molecule has 66 valence electrons. The van der Waals surface area contributed by atoms with Gasteiger partial charge >= 0.3 is 0 Å². The molecule has 0 amide bonds. The fourth-order valence-electron chi connectivity index (χ4n) is 1.05. The third-order valence-corrected chi connectivity index (χ3v) is 1.82. The number of hydrogen-bond donors (Lipinski definition) is 2. The average Bonchev–Trinajstić information content (AvgIpc) is 2.23. The van der Waals surface area contributed by atoms with Gasteiger partial charge in [0.1, 0.15) is 18.2 Å². The minimum atomic E-state index is -1.68. The van der Waals surface area contributed by atoms with Crippen LogP contribution in [0.4, 0.5) is 0 Å². The normalized spacial score (nSPS) is 18.2. The maximum Gasteiger partial charge on any atom is 0.284 e. The van der Waals surface area contributed by atoms with Crippen LogP contribution in [0.2, 0.25) is 0 Å². The van der Waals surface area contributed by atoms with E-state index < -0.39 is 5.54 Å². The molecular formula is C7H8N6. The molecule has 0 aliphatic carbocycles. The zero-order chi connectivity index (χ0) is 9.73. The molecule has 0 aromatic heterocycles. The van der Waals surface area contributed by atoms with Gasteiger partial charge in [-0.25, -0.2) is 4.90 Å². The summed E-state index contributed by atoms with van der Waals surface area (Å²) in [6.45, 7) is 1.35. The van der Waals surface area contributed by atoms with E-state index in [9.17, 15) is 0 Å². The summed E-state index contributed by atoms with van der Waals surface area (Å²) in [7, 11) is 0. The van der Waals surface area contributed by atoms with Gasteiger partial charge in [0, 0.05) is 6.67 Å². The van der Waals surface area contributed by atoms with E-state index >= 15 is 0 Å². The van der Waals surface area contributed by atoms with E-state index in [1.54, 1.807) is 18.2 Å². The topological polar surface area (TPSA) is 98.7 Å². The van der Waals surface area contributed by atoms with E-state index in [-0.39, 0.29) is 0 Å². The lowest BCUT2D eigenvalue weighted by atomic mass is 10.0. The van der Waals surface area contributed by atoms with Crippen LogP contribution in [0.25, 0.3) is 0 Å². The van der Waals surface area contributed by atoms with Crippen molar-refractivity contribution in [1.82, 2.24) is 15.5 Å². The summed E-state index contributed by atoms with van der Waals surface area (Å²) in [4.78, 5) is 1.44. The summed E-state index contributed by atoms with van der Waals surface area (Å²) in [6.07, 6.45) is 0. The minimum Gasteiger partial charge on any atom is -0.291 e. The van der Waals surface area contributed by atoms with Crippen molar-refractivity contribution in [2.45, 2.75) is 5.54 Å². The Hall–Kier alpha value is -1.65. The van der Waals surface area contributed by atoms with Gasteiger partial charge in [0.2, 0.25) is 0 Å². The molecule has 6 nitrogen and oxygen atoms in total. The van der Waals surface area contributed by atoms with E-state index in [4.69, 9.17) is 15.8 Å². The van der Waals surface area contributed by atoms with Gasteiger partial charge < -0.3 is 0 Å². The van der Waals surface area contributed by atoms with Crippen LogP contribution >= 0.6 is 0 Å². The van der Waals surface area contributed by atoms with Crippen LogP contribution in [0.1, 0.15) is 0 Å². The summed E-state index contributed by atoms with van der Waals surface area (Å²) >= 11 is 0. The second-order valence-corrected chi connectivity index (χ2v) is 2.58. The monoisotopic (exact) mass is 176 g/mol. The van der Waals surface area contributed by atoms with Gasteiger partial charge in [-0.3, -0.25) is 10.6 Å². The van der Waals surface area contributed by atoms with Crippen molar-refractivity contribution in [2.75, 3.05) is 20.0 Å². The Morgan fingerprint density at radius 2 is 1.46 bits per heavy atom. The average molecular weight is 176 g/mol. The first-order valence-electron chi connectivity index (χ1n) is 3.69. The summed E-state index contributed by atoms with van der Waals surface area (Å²) in [5, 5.41) is 32.0. The predicted octanol–water partition coefficient (Wildman–Crippen LogP) is -1.34. The first-order valence-corrected chi connectivity index (χ1v) is 3.69. The molecule has 1 saturated heterocycles. The van der Waals surface area contributed by atoms with Crippen molar-refractivity contribution < 1.29 is 0 Å². The van der Waals surface area contributed by atoms with Crippen LogP contribution in [0, 0.1) is 34.0 Å². The fourth-order valence-corrected chi connectivity index (χ4v) is 1.05. The molecule has 1 rings (SSSR count). The maximum atomic E-state index is 8.74. The van der Waals surface area contributed by atoms with Gasteiger partial charge in [0.15, 0.2) is 0 Å². The van der Waals surface area contributed by atoms with Crippen LogP contribution in [-0.4, -0.2) is 30.4 Å². The van der Waals surface area contributed by atoms with Gasteiger partial charge in [0.25, 0.3) is 5.54 Å². The van der Waals surface area contributed by atoms with Gasteiger partial charge in [-0.05, 0) is 0 Å². The Labute approximate surface area is 76.0 Å². The third-order valence-electron chi connectivity index (χ3n) is 1.82. The lowest BCUT2D eigenvalue weighted by molar-refractivity contribution is 0.153. The highest BCUT2D eigenvalue weighted by Crippen LogP contribution is 2.11. The molecule has 0 spiro atoms. The Morgan fingerprint density at radius 3 is 1.85 bits per heavy atom. The highest BCUT2D eigenvalue weighted by Gasteiger charge is 2.38. The molecule has 0 saturated carbocycles. The van der Waals surface area contributed by atoms with E-state index in [0.717, 1.165) is 0 Å². The summed E-state index contributed by atoms with van der Waals surface area (Å²) in [5.41, 5.74) is -1.68. The number of hydrogen-bond acceptors (Lipinski definition) is 6. The van der Waals surface area contributed by atoms with Crippen molar-refractivity contribution in [2.24, 2.45) is 0 Å². The molecule has 1 aliphatic heterocycles. The highest BCUT2D eigenvalue weighted by atomic mass is 15.4. The van der Waals surface area contributed by atoms with E-state index in [2.05, 4.69) is 10.6 Å². The Morgan fingerprint density at radius 1 is 1.00 bits per heavy atom. The van der Waals surface area contributed by atoms with Gasteiger partial charge in [-0.2, -0.15) is 15.8 Å². The van der Waals surface area contributed by atoms with Crippen molar-refractivity contribution in [1.29, 1.82) is 15.8 Å². The largest absolute Gasteiger partial charge is 0.291 e. The highest BCUT2D eigenvalue weighted by molar-refractivity contribution is 5.34. The SMILES string of the molecule is N#CC(C#N)(C#N)N1CNCNC1. The van der Waals surface area contributed by atoms with E-state index in [1.165, 1.54) is 4.90 Å². The smallest absolute Gasteiger partial charge is 0.284 e. The number of rotatable bonds is 1. The molecule has 0 bridgehead atoms. The van der Waals surface area contributed by atoms with Crippen LogP contribution in [-0.2, 0) is 0 Å². The Kier molecular flexibility index (Phi) is 2.79. The van der Waals surface area contributed by atoms with Crippen LogP contribution in [0.5, 0.6) is 0 Å². The first kappa shape index (κ1) is 9.44. The summed E-state index contributed by atoms with van der Waals surface area (Å²) in [5.74, 6) is 0. The molecule has 1 heterocycles. The van der Waals surface area contributed by atoms with Crippen molar-refractivity contribution in [3.05, 3.63) is 0 Å². The second-order valence-electron chi connectivity index (χ2n) is 2.58. The van der Waals surface area contributed by atoms with Crippen molar-refractivity contribution >= 4 is 0 Å². The van der Waals surface area contributed by atoms with Gasteiger partial charge in [-0.1, -0.05) is 0 Å². The first-order chi connectivity index (χ1) is 6.29. The van der Waals surface area contributed by atoms with Crippen LogP contribution in [0.3, 0.4) is 0 Å². The molecule has 0 atom stereocenters. The number of nitrogens with zero attached hydrogens (tertiary/aromatic N) is 4. The predicted molar refractivity (Wildman–Crippen MR) is 42.3 cm³/mol. The van der Waals surface area contributed by atoms with E-state index in [1.807, 2.05) is 0 Å². The van der Waals surface area contributed by atoms with Gasteiger partial charge in [-0.15, -0.1) is 0 Å². The Balaban J connectivity index is 2.84. The molecule has 1 fully saturated rings. The molecular weight excluding hydrogens is 168 g/mol. The minimum absolute atomic E-state index is 0.363. The van der Waals surface area contributed by atoms with Crippen molar-refractivity contribution in [3.8, 4) is 18.2 Å². The molecule has 0 unspecified atom stereocenters. The standard InChI is InChI=1S/C7H8N6/c8-1-7(2-9,3-10)13-5-11-4-12-6-13/h11-12H,4-6H2. The molecule has 0 radical (unpaired) electrons. The zero-order valence-electron chi connectivity index (χ0n) is 6.91.